The number of hydrogen-bond acceptors (Lipinski definition) is 2. The van der Waals surface area contributed by atoms with Crippen molar-refractivity contribution >= 4 is 0 Å². The smallest absolute Gasteiger partial charge is 0.00670 e. The molecule has 16 heavy (non-hydrogen) atoms. The molecule has 0 aliphatic carbocycles. The molecule has 0 rings (SSSR count). The van der Waals surface area contributed by atoms with Crippen LogP contribution >= 0.6 is 0 Å². The molecule has 2 nitrogen and oxygen atoms in total. The number of rotatable bonds is 8. The summed E-state index contributed by atoms with van der Waals surface area (Å²) in [5.74, 6) is 2.67. The Hall–Kier alpha value is -0.0800. The van der Waals surface area contributed by atoms with E-state index in [9.17, 15) is 0 Å². The monoisotopic (exact) mass is 228 g/mol. The quantitative estimate of drug-likeness (QED) is 0.671. The first kappa shape index (κ1) is 15.9. The van der Waals surface area contributed by atoms with E-state index in [1.54, 1.807) is 0 Å². The lowest BCUT2D eigenvalue weighted by Crippen LogP contribution is -2.32. The lowest BCUT2D eigenvalue weighted by molar-refractivity contribution is 0.279. The van der Waals surface area contributed by atoms with Crippen LogP contribution in [0.15, 0.2) is 0 Å². The summed E-state index contributed by atoms with van der Waals surface area (Å²) in [6.45, 7) is 12.1. The molecule has 4 N–H and O–H groups in total. The second-order valence-electron chi connectivity index (χ2n) is 5.73. The molecule has 0 aromatic heterocycles. The number of hydrogen-bond donors (Lipinski definition) is 2. The molecule has 0 aliphatic rings. The predicted molar refractivity (Wildman–Crippen MR) is 73.2 cm³/mol. The summed E-state index contributed by atoms with van der Waals surface area (Å²) in [6.07, 6.45) is 3.54. The minimum atomic E-state index is 0.345. The molecule has 0 aromatic carbocycles. The van der Waals surface area contributed by atoms with Gasteiger partial charge in [-0.1, -0.05) is 41.0 Å². The molecule has 0 spiro atoms. The van der Waals surface area contributed by atoms with Gasteiger partial charge >= 0.3 is 0 Å². The Morgan fingerprint density at radius 1 is 1.00 bits per heavy atom. The van der Waals surface area contributed by atoms with E-state index >= 15 is 0 Å². The standard InChI is InChI=1S/C14H32N2/c1-6-13(9-15)11(4)7-8-14(16)12(5)10(2)3/h10-14H,6-9,15-16H2,1-5H3. The van der Waals surface area contributed by atoms with E-state index in [-0.39, 0.29) is 0 Å². The molecular weight excluding hydrogens is 196 g/mol. The highest BCUT2D eigenvalue weighted by molar-refractivity contribution is 4.74. The van der Waals surface area contributed by atoms with E-state index in [0.29, 0.717) is 29.7 Å². The highest BCUT2D eigenvalue weighted by Crippen LogP contribution is 2.23. The molecule has 4 unspecified atom stereocenters. The third kappa shape index (κ3) is 5.31. The van der Waals surface area contributed by atoms with Crippen LogP contribution in [0.5, 0.6) is 0 Å². The van der Waals surface area contributed by atoms with Gasteiger partial charge in [-0.15, -0.1) is 0 Å². The molecular formula is C14H32N2. The second kappa shape index (κ2) is 8.08. The van der Waals surface area contributed by atoms with Gasteiger partial charge in [-0.2, -0.15) is 0 Å². The molecule has 0 aliphatic heterocycles. The molecule has 0 fully saturated rings. The number of nitrogens with two attached hydrogens (primary N) is 2. The van der Waals surface area contributed by atoms with Gasteiger partial charge in [0.15, 0.2) is 0 Å². The Morgan fingerprint density at radius 3 is 1.94 bits per heavy atom. The van der Waals surface area contributed by atoms with Gasteiger partial charge in [0.25, 0.3) is 0 Å². The van der Waals surface area contributed by atoms with Gasteiger partial charge in [-0.05, 0) is 43.1 Å². The van der Waals surface area contributed by atoms with Gasteiger partial charge in [-0.3, -0.25) is 0 Å². The Morgan fingerprint density at radius 2 is 1.56 bits per heavy atom. The molecule has 4 atom stereocenters. The summed E-state index contributed by atoms with van der Waals surface area (Å²) in [5, 5.41) is 0. The highest BCUT2D eigenvalue weighted by atomic mass is 14.6. The molecule has 0 bridgehead atoms. The summed E-state index contributed by atoms with van der Waals surface area (Å²) in [4.78, 5) is 0. The average molecular weight is 228 g/mol. The van der Waals surface area contributed by atoms with Crippen molar-refractivity contribution < 1.29 is 0 Å². The predicted octanol–water partition coefficient (Wildman–Crippen LogP) is 3.01. The molecule has 0 radical (unpaired) electrons. The first-order chi connectivity index (χ1) is 7.43. The maximum absolute atomic E-state index is 6.22. The maximum atomic E-state index is 6.22. The molecule has 0 amide bonds. The fraction of sp³-hybridized carbons (Fsp3) is 1.00. The van der Waals surface area contributed by atoms with E-state index in [4.69, 9.17) is 11.5 Å². The van der Waals surface area contributed by atoms with Crippen LogP contribution in [-0.2, 0) is 0 Å². The summed E-state index contributed by atoms with van der Waals surface area (Å²) >= 11 is 0. The zero-order valence-corrected chi connectivity index (χ0v) is 11.9. The van der Waals surface area contributed by atoms with Crippen LogP contribution in [0.3, 0.4) is 0 Å². The first-order valence-corrected chi connectivity index (χ1v) is 6.89. The minimum absolute atomic E-state index is 0.345. The van der Waals surface area contributed by atoms with Gasteiger partial charge in [-0.25, -0.2) is 0 Å². The largest absolute Gasteiger partial charge is 0.330 e. The topological polar surface area (TPSA) is 52.0 Å². The van der Waals surface area contributed by atoms with Crippen LogP contribution in [0.1, 0.15) is 53.9 Å². The Balaban J connectivity index is 3.95. The van der Waals surface area contributed by atoms with Crippen LogP contribution in [0.2, 0.25) is 0 Å². The van der Waals surface area contributed by atoms with Crippen LogP contribution < -0.4 is 11.5 Å². The van der Waals surface area contributed by atoms with Crippen molar-refractivity contribution in [2.24, 2.45) is 35.1 Å². The molecule has 98 valence electrons. The van der Waals surface area contributed by atoms with Crippen molar-refractivity contribution in [3.8, 4) is 0 Å². The molecule has 0 saturated carbocycles. The first-order valence-electron chi connectivity index (χ1n) is 6.89. The maximum Gasteiger partial charge on any atom is 0.00670 e. The van der Waals surface area contributed by atoms with Gasteiger partial charge in [0, 0.05) is 6.04 Å². The van der Waals surface area contributed by atoms with Crippen molar-refractivity contribution in [2.75, 3.05) is 6.54 Å². The van der Waals surface area contributed by atoms with Crippen molar-refractivity contribution in [3.63, 3.8) is 0 Å². The lowest BCUT2D eigenvalue weighted by Gasteiger charge is -2.26. The highest BCUT2D eigenvalue weighted by Gasteiger charge is 2.19. The van der Waals surface area contributed by atoms with Gasteiger partial charge in [0.2, 0.25) is 0 Å². The third-order valence-electron chi connectivity index (χ3n) is 4.31. The zero-order valence-electron chi connectivity index (χ0n) is 11.9. The minimum Gasteiger partial charge on any atom is -0.330 e. The third-order valence-corrected chi connectivity index (χ3v) is 4.31. The molecule has 0 aromatic rings. The van der Waals surface area contributed by atoms with Crippen LogP contribution in [0, 0.1) is 23.7 Å². The van der Waals surface area contributed by atoms with Crippen molar-refractivity contribution in [3.05, 3.63) is 0 Å². The van der Waals surface area contributed by atoms with Crippen LogP contribution in [0.4, 0.5) is 0 Å². The fourth-order valence-corrected chi connectivity index (χ4v) is 2.25. The van der Waals surface area contributed by atoms with E-state index in [1.165, 1.54) is 12.8 Å². The normalized spacial score (nSPS) is 19.5. The van der Waals surface area contributed by atoms with E-state index in [2.05, 4.69) is 34.6 Å². The van der Waals surface area contributed by atoms with Crippen molar-refractivity contribution in [1.82, 2.24) is 0 Å². The summed E-state index contributed by atoms with van der Waals surface area (Å²) < 4.78 is 0. The van der Waals surface area contributed by atoms with E-state index in [1.807, 2.05) is 0 Å². The van der Waals surface area contributed by atoms with E-state index < -0.39 is 0 Å². The SMILES string of the molecule is CCC(CN)C(C)CCC(N)C(C)C(C)C. The molecule has 0 heterocycles. The van der Waals surface area contributed by atoms with E-state index in [0.717, 1.165) is 13.0 Å². The molecule has 2 heteroatoms. The second-order valence-corrected chi connectivity index (χ2v) is 5.73. The average Bonchev–Trinajstić information content (AvgIpc) is 2.26. The summed E-state index contributed by atoms with van der Waals surface area (Å²) in [6, 6.07) is 0.345. The summed E-state index contributed by atoms with van der Waals surface area (Å²) in [5.41, 5.74) is 12.0. The zero-order chi connectivity index (χ0) is 12.7. The van der Waals surface area contributed by atoms with Crippen LogP contribution in [-0.4, -0.2) is 12.6 Å². The Kier molecular flexibility index (Phi) is 8.04. The fourth-order valence-electron chi connectivity index (χ4n) is 2.25. The lowest BCUT2D eigenvalue weighted by atomic mass is 9.83. The van der Waals surface area contributed by atoms with Gasteiger partial charge in [0.05, 0.1) is 0 Å². The van der Waals surface area contributed by atoms with Crippen molar-refractivity contribution in [1.29, 1.82) is 0 Å². The van der Waals surface area contributed by atoms with Gasteiger partial charge in [0.1, 0.15) is 0 Å². The van der Waals surface area contributed by atoms with Crippen LogP contribution in [0.25, 0.3) is 0 Å². The Bertz CT molecular complexity index is 156. The molecule has 0 saturated heterocycles. The summed E-state index contributed by atoms with van der Waals surface area (Å²) in [7, 11) is 0. The van der Waals surface area contributed by atoms with Gasteiger partial charge < -0.3 is 11.5 Å². The van der Waals surface area contributed by atoms with Crippen molar-refractivity contribution in [2.45, 2.75) is 59.9 Å². The Labute approximate surface area is 102 Å².